The summed E-state index contributed by atoms with van der Waals surface area (Å²) in [6, 6.07) is 2.89. The first-order valence-corrected chi connectivity index (χ1v) is 9.48. The van der Waals surface area contributed by atoms with Crippen LogP contribution < -0.4 is 15.7 Å². The second-order valence-corrected chi connectivity index (χ2v) is 7.20. The molecule has 1 aliphatic rings. The van der Waals surface area contributed by atoms with Gasteiger partial charge in [0.2, 0.25) is 0 Å². The van der Waals surface area contributed by atoms with Crippen molar-refractivity contribution in [3.63, 3.8) is 0 Å². The van der Waals surface area contributed by atoms with Crippen molar-refractivity contribution >= 4 is 53.2 Å². The molecule has 2 aromatic rings. The third-order valence-corrected chi connectivity index (χ3v) is 4.98. The Bertz CT molecular complexity index is 1120. The average molecular weight is 446 g/mol. The van der Waals surface area contributed by atoms with E-state index in [0.717, 1.165) is 23.5 Å². The molecule has 1 amide bonds. The van der Waals surface area contributed by atoms with Gasteiger partial charge in [-0.05, 0) is 23.6 Å². The number of rotatable bonds is 6. The van der Waals surface area contributed by atoms with Crippen LogP contribution in [0.2, 0.25) is 0 Å². The van der Waals surface area contributed by atoms with Gasteiger partial charge in [-0.1, -0.05) is 17.3 Å². The fourth-order valence-corrected chi connectivity index (χ4v) is 3.51. The van der Waals surface area contributed by atoms with Crippen molar-refractivity contribution < 1.29 is 39.5 Å². The third-order valence-electron chi connectivity index (χ3n) is 4.31. The molecule has 14 heteroatoms. The number of amides is 1. The van der Waals surface area contributed by atoms with E-state index in [4.69, 9.17) is 15.5 Å². The van der Waals surface area contributed by atoms with Crippen LogP contribution in [0.25, 0.3) is 6.08 Å². The number of aromatic nitrogens is 1. The van der Waals surface area contributed by atoms with Gasteiger partial charge in [0.05, 0.1) is 5.94 Å². The summed E-state index contributed by atoms with van der Waals surface area (Å²) in [6.45, 7) is 0. The summed E-state index contributed by atoms with van der Waals surface area (Å²) in [7, 11) is -1.63. The molecule has 12 nitrogen and oxygen atoms in total. The molecule has 0 unspecified atom stereocenters. The molecule has 1 atom stereocenters. The van der Waals surface area contributed by atoms with Crippen LogP contribution in [0.15, 0.2) is 28.7 Å². The zero-order chi connectivity index (χ0) is 22.7. The molecule has 31 heavy (non-hydrogen) atoms. The van der Waals surface area contributed by atoms with Gasteiger partial charge in [-0.25, -0.2) is 14.6 Å². The Morgan fingerprint density at radius 3 is 2.68 bits per heavy atom. The fourth-order valence-electron chi connectivity index (χ4n) is 2.97. The molecule has 2 heterocycles. The first-order valence-electron chi connectivity index (χ1n) is 8.60. The van der Waals surface area contributed by atoms with Gasteiger partial charge in [0.15, 0.2) is 10.8 Å². The highest BCUT2D eigenvalue weighted by Crippen LogP contribution is 2.33. The van der Waals surface area contributed by atoms with Crippen LogP contribution >= 0.6 is 11.3 Å². The first kappa shape index (κ1) is 21.8. The molecular weight excluding hydrogens is 431 g/mol. The minimum absolute atomic E-state index is 0.0106. The van der Waals surface area contributed by atoms with Crippen LogP contribution in [0.5, 0.6) is 5.75 Å². The van der Waals surface area contributed by atoms with Crippen molar-refractivity contribution in [3.05, 3.63) is 46.0 Å². The number of oxime groups is 1. The lowest BCUT2D eigenvalue weighted by Crippen LogP contribution is -2.54. The van der Waals surface area contributed by atoms with Crippen LogP contribution in [-0.2, 0) is 16.0 Å². The number of hydrogen-bond donors (Lipinski definition) is 6. The number of nitrogens with zero attached hydrogens (tertiary/aromatic N) is 2. The number of nitrogen functional groups attached to an aromatic ring is 1. The normalized spacial score (nSPS) is 16.0. The first-order chi connectivity index (χ1) is 14.7. The number of nitrogens with one attached hydrogen (secondary N) is 1. The van der Waals surface area contributed by atoms with Crippen molar-refractivity contribution in [2.24, 2.45) is 5.16 Å². The van der Waals surface area contributed by atoms with Gasteiger partial charge in [-0.2, -0.15) is 0 Å². The van der Waals surface area contributed by atoms with Gasteiger partial charge >= 0.3 is 19.1 Å². The Morgan fingerprint density at radius 2 is 2.10 bits per heavy atom. The van der Waals surface area contributed by atoms with E-state index < -0.39 is 36.6 Å². The van der Waals surface area contributed by atoms with E-state index in [-0.39, 0.29) is 34.1 Å². The number of carbonyl (C=O) groups excluding carboxylic acids is 1. The number of carbonyl (C=O) groups is 3. The lowest BCUT2D eigenvalue weighted by Gasteiger charge is -2.29. The second-order valence-electron chi connectivity index (χ2n) is 6.31. The number of fused-ring (bicyclic) bond motifs is 1. The quantitative estimate of drug-likeness (QED) is 0.114. The number of aliphatic carboxylic acids is 1. The van der Waals surface area contributed by atoms with E-state index in [1.165, 1.54) is 17.5 Å². The zero-order valence-electron chi connectivity index (χ0n) is 15.6. The van der Waals surface area contributed by atoms with Crippen LogP contribution in [0.4, 0.5) is 5.13 Å². The molecule has 0 saturated carbocycles. The van der Waals surface area contributed by atoms with Crippen LogP contribution in [0, 0.1) is 0 Å². The fraction of sp³-hybridized carbons (Fsp3) is 0.118. The Kier molecular flexibility index (Phi) is 6.22. The number of anilines is 1. The van der Waals surface area contributed by atoms with Crippen molar-refractivity contribution in [1.82, 2.24) is 10.3 Å². The highest BCUT2D eigenvalue weighted by molar-refractivity contribution is 7.13. The number of nitrogens with two attached hydrogens (primary N) is 1. The summed E-state index contributed by atoms with van der Waals surface area (Å²) in [6.07, 6.45) is 1.86. The average Bonchev–Trinajstić information content (AvgIpc) is 3.12. The molecule has 1 aliphatic heterocycles. The van der Waals surface area contributed by atoms with Gasteiger partial charge in [-0.15, -0.1) is 11.3 Å². The molecule has 0 saturated heterocycles. The van der Waals surface area contributed by atoms with Crippen molar-refractivity contribution in [1.29, 1.82) is 0 Å². The van der Waals surface area contributed by atoms with Crippen molar-refractivity contribution in [2.75, 3.05) is 5.73 Å². The van der Waals surface area contributed by atoms with E-state index in [0.29, 0.717) is 5.56 Å². The van der Waals surface area contributed by atoms with E-state index in [1.54, 1.807) is 0 Å². The predicted molar refractivity (Wildman–Crippen MR) is 109 cm³/mol. The highest BCUT2D eigenvalue weighted by Gasteiger charge is 2.39. The largest absolute Gasteiger partial charge is 0.547 e. The number of thiazole rings is 1. The number of hydrogen-bond acceptors (Lipinski definition) is 10. The molecular formula is C17H15BN4O8S. The smallest absolute Gasteiger partial charge is 0.534 e. The van der Waals surface area contributed by atoms with Crippen molar-refractivity contribution in [2.45, 2.75) is 12.4 Å². The number of carboxylic acid groups (broad SMARTS) is 2. The Balaban J connectivity index is 1.86. The lowest BCUT2D eigenvalue weighted by atomic mass is 9.72. The molecule has 0 fully saturated rings. The Hall–Kier alpha value is -3.91. The summed E-state index contributed by atoms with van der Waals surface area (Å²) >= 11 is 1.04. The van der Waals surface area contributed by atoms with Crippen LogP contribution in [-0.4, -0.2) is 62.0 Å². The van der Waals surface area contributed by atoms with E-state index >= 15 is 0 Å². The van der Waals surface area contributed by atoms with E-state index in [1.807, 2.05) is 0 Å². The Morgan fingerprint density at radius 1 is 1.35 bits per heavy atom. The zero-order valence-corrected chi connectivity index (χ0v) is 16.4. The maximum atomic E-state index is 12.5. The van der Waals surface area contributed by atoms with E-state index in [9.17, 15) is 29.7 Å². The minimum Gasteiger partial charge on any atom is -0.534 e. The van der Waals surface area contributed by atoms with Gasteiger partial charge in [0.1, 0.15) is 17.0 Å². The molecule has 0 bridgehead atoms. The molecule has 3 rings (SSSR count). The highest BCUT2D eigenvalue weighted by atomic mass is 32.1. The SMILES string of the molecule is Nc1nc(/C(=N/O)C(=O)N[C@H]2Cc3ccc(/C=C/C(=O)O)c(C(=O)O)c3OB2O)cs1. The standard InChI is InChI=1S/C17H15BN4O8S/c19-17-20-9(6-31-17)13(22-29)15(25)21-10-5-8-2-1-7(3-4-11(23)24)12(16(26)27)14(8)30-18(10)28/h1-4,6,10,28-29H,5H2,(H2,19,20)(H,21,25)(H,23,24)(H,26,27)/b4-3+,22-13-/t10-/m0/s1. The minimum atomic E-state index is -1.63. The number of carboxylic acids is 2. The van der Waals surface area contributed by atoms with Crippen LogP contribution in [0.3, 0.4) is 0 Å². The van der Waals surface area contributed by atoms with Gasteiger partial charge < -0.3 is 36.1 Å². The second kappa shape index (κ2) is 8.85. The van der Waals surface area contributed by atoms with Gasteiger partial charge in [0, 0.05) is 11.5 Å². The monoisotopic (exact) mass is 446 g/mol. The summed E-state index contributed by atoms with van der Waals surface area (Å²) in [5, 5.41) is 44.8. The molecule has 1 aromatic carbocycles. The summed E-state index contributed by atoms with van der Waals surface area (Å²) in [4.78, 5) is 38.8. The predicted octanol–water partition coefficient (Wildman–Crippen LogP) is -0.161. The van der Waals surface area contributed by atoms with Gasteiger partial charge in [0.25, 0.3) is 5.91 Å². The van der Waals surface area contributed by atoms with E-state index in [2.05, 4.69) is 15.5 Å². The summed E-state index contributed by atoms with van der Waals surface area (Å²) < 4.78 is 5.35. The molecule has 0 spiro atoms. The van der Waals surface area contributed by atoms with Gasteiger partial charge in [-0.3, -0.25) is 4.79 Å². The third kappa shape index (κ3) is 4.65. The molecule has 7 N–H and O–H groups in total. The lowest BCUT2D eigenvalue weighted by molar-refractivity contribution is -0.131. The molecule has 0 radical (unpaired) electrons. The maximum Gasteiger partial charge on any atom is 0.547 e. The Labute approximate surface area is 178 Å². The summed E-state index contributed by atoms with van der Waals surface area (Å²) in [5.41, 5.74) is 5.23. The summed E-state index contributed by atoms with van der Waals surface area (Å²) in [5.74, 6) is -4.65. The topological polar surface area (TPSA) is 205 Å². The number of aromatic carboxylic acids is 1. The molecule has 0 aliphatic carbocycles. The van der Waals surface area contributed by atoms with Crippen molar-refractivity contribution in [3.8, 4) is 5.75 Å². The van der Waals surface area contributed by atoms with Crippen LogP contribution in [0.1, 0.15) is 27.2 Å². The maximum absolute atomic E-state index is 12.5. The number of benzene rings is 1. The molecule has 160 valence electrons. The molecule has 1 aromatic heterocycles.